The summed E-state index contributed by atoms with van der Waals surface area (Å²) < 4.78 is 2.12. The molecule has 0 unspecified atom stereocenters. The third-order valence-corrected chi connectivity index (χ3v) is 2.86. The van der Waals surface area contributed by atoms with Crippen LogP contribution in [-0.2, 0) is 13.1 Å². The molecule has 1 aromatic heterocycles. The number of nitrogens with one attached hydrogen (secondary N) is 1. The van der Waals surface area contributed by atoms with Crippen LogP contribution >= 0.6 is 0 Å². The average molecular weight is 221 g/mol. The van der Waals surface area contributed by atoms with E-state index in [-0.39, 0.29) is 11.9 Å². The van der Waals surface area contributed by atoms with E-state index in [4.69, 9.17) is 0 Å². The van der Waals surface area contributed by atoms with Gasteiger partial charge in [0, 0.05) is 31.4 Å². The third kappa shape index (κ3) is 2.11. The summed E-state index contributed by atoms with van der Waals surface area (Å²) in [6.45, 7) is 6.79. The maximum Gasteiger partial charge on any atom is 0.268 e. The number of nitrogens with zero attached hydrogens (tertiary/aromatic N) is 2. The van der Waals surface area contributed by atoms with Gasteiger partial charge in [-0.3, -0.25) is 9.69 Å². The molecule has 0 saturated heterocycles. The summed E-state index contributed by atoms with van der Waals surface area (Å²) in [5, 5.41) is 2.93. The molecule has 0 atom stereocenters. The highest BCUT2D eigenvalue weighted by atomic mass is 16.2. The third-order valence-electron chi connectivity index (χ3n) is 2.86. The molecule has 0 aliphatic carbocycles. The number of aromatic nitrogens is 1. The van der Waals surface area contributed by atoms with E-state index in [2.05, 4.69) is 21.8 Å². The molecule has 0 aromatic carbocycles. The predicted molar refractivity (Wildman–Crippen MR) is 63.4 cm³/mol. The van der Waals surface area contributed by atoms with E-state index in [0.29, 0.717) is 0 Å². The Morgan fingerprint density at radius 3 is 2.81 bits per heavy atom. The maximum atomic E-state index is 11.9. The normalized spacial score (nSPS) is 16.2. The van der Waals surface area contributed by atoms with Gasteiger partial charge in [0.2, 0.25) is 0 Å². The number of hydrogen-bond acceptors (Lipinski definition) is 2. The Kier molecular flexibility index (Phi) is 3.01. The molecule has 0 bridgehead atoms. The monoisotopic (exact) mass is 221 g/mol. The standard InChI is InChI=1S/C12H19N3O/c1-9(2)13-12(16)11-5-4-10-8-14(3)6-7-15(10)11/h4-5,9H,6-8H2,1-3H3,(H,13,16). The first-order valence-corrected chi connectivity index (χ1v) is 5.75. The quantitative estimate of drug-likeness (QED) is 0.811. The van der Waals surface area contributed by atoms with Crippen molar-refractivity contribution in [1.82, 2.24) is 14.8 Å². The van der Waals surface area contributed by atoms with Crippen LogP contribution in [0.2, 0.25) is 0 Å². The molecule has 0 radical (unpaired) electrons. The summed E-state index contributed by atoms with van der Waals surface area (Å²) in [4.78, 5) is 14.2. The second-order valence-corrected chi connectivity index (χ2v) is 4.73. The van der Waals surface area contributed by atoms with Crippen LogP contribution in [0, 0.1) is 0 Å². The molecule has 88 valence electrons. The van der Waals surface area contributed by atoms with Crippen LogP contribution in [0.5, 0.6) is 0 Å². The Hall–Kier alpha value is -1.29. The first-order chi connectivity index (χ1) is 7.58. The number of carbonyl (C=O) groups is 1. The van der Waals surface area contributed by atoms with Crippen molar-refractivity contribution in [3.63, 3.8) is 0 Å². The lowest BCUT2D eigenvalue weighted by Gasteiger charge is -2.26. The fourth-order valence-electron chi connectivity index (χ4n) is 2.07. The minimum absolute atomic E-state index is 0.0332. The molecule has 1 N–H and O–H groups in total. The SMILES string of the molecule is CC(C)NC(=O)c1ccc2n1CCN(C)C2. The second kappa shape index (κ2) is 4.29. The lowest BCUT2D eigenvalue weighted by molar-refractivity contribution is 0.0930. The number of amides is 1. The molecule has 1 amide bonds. The van der Waals surface area contributed by atoms with Crippen LogP contribution in [0.1, 0.15) is 30.0 Å². The lowest BCUT2D eigenvalue weighted by Crippen LogP contribution is -2.35. The topological polar surface area (TPSA) is 37.3 Å². The van der Waals surface area contributed by atoms with E-state index >= 15 is 0 Å². The van der Waals surface area contributed by atoms with E-state index in [1.54, 1.807) is 0 Å². The first kappa shape index (κ1) is 11.2. The number of hydrogen-bond donors (Lipinski definition) is 1. The van der Waals surface area contributed by atoms with Crippen molar-refractivity contribution < 1.29 is 4.79 Å². The summed E-state index contributed by atoms with van der Waals surface area (Å²) in [7, 11) is 2.10. The summed E-state index contributed by atoms with van der Waals surface area (Å²) in [5.41, 5.74) is 2.01. The van der Waals surface area contributed by atoms with Crippen LogP contribution in [0.3, 0.4) is 0 Å². The van der Waals surface area contributed by atoms with Gasteiger partial charge in [0.1, 0.15) is 5.69 Å². The fourth-order valence-corrected chi connectivity index (χ4v) is 2.07. The summed E-state index contributed by atoms with van der Waals surface area (Å²) in [6, 6.07) is 4.15. The van der Waals surface area contributed by atoms with Crippen molar-refractivity contribution in [1.29, 1.82) is 0 Å². The van der Waals surface area contributed by atoms with Crippen LogP contribution in [0.25, 0.3) is 0 Å². The van der Waals surface area contributed by atoms with Crippen molar-refractivity contribution in [3.05, 3.63) is 23.5 Å². The molecule has 1 aliphatic rings. The van der Waals surface area contributed by atoms with Gasteiger partial charge in [0.05, 0.1) is 0 Å². The molecule has 16 heavy (non-hydrogen) atoms. The molecule has 0 spiro atoms. The van der Waals surface area contributed by atoms with Crippen molar-refractivity contribution in [2.75, 3.05) is 13.6 Å². The zero-order valence-corrected chi connectivity index (χ0v) is 10.2. The van der Waals surface area contributed by atoms with E-state index in [9.17, 15) is 4.79 Å². The maximum absolute atomic E-state index is 11.9. The van der Waals surface area contributed by atoms with Crippen molar-refractivity contribution in [2.45, 2.75) is 33.0 Å². The smallest absolute Gasteiger partial charge is 0.268 e. The molecule has 2 rings (SSSR count). The molecular formula is C12H19N3O. The molecule has 1 aliphatic heterocycles. The summed E-state index contributed by atoms with van der Waals surface area (Å²) in [5.74, 6) is 0.0332. The van der Waals surface area contributed by atoms with Gasteiger partial charge in [0.15, 0.2) is 0 Å². The van der Waals surface area contributed by atoms with E-state index < -0.39 is 0 Å². The van der Waals surface area contributed by atoms with Crippen LogP contribution in [0.15, 0.2) is 12.1 Å². The number of fused-ring (bicyclic) bond motifs is 1. The zero-order chi connectivity index (χ0) is 11.7. The van der Waals surface area contributed by atoms with Gasteiger partial charge in [-0.2, -0.15) is 0 Å². The first-order valence-electron chi connectivity index (χ1n) is 5.75. The Morgan fingerprint density at radius 2 is 2.12 bits per heavy atom. The Labute approximate surface area is 96.2 Å². The van der Waals surface area contributed by atoms with Gasteiger partial charge in [0.25, 0.3) is 5.91 Å². The molecule has 2 heterocycles. The van der Waals surface area contributed by atoms with Crippen LogP contribution in [-0.4, -0.2) is 35.0 Å². The minimum Gasteiger partial charge on any atom is -0.349 e. The van der Waals surface area contributed by atoms with Crippen LogP contribution in [0.4, 0.5) is 0 Å². The highest BCUT2D eigenvalue weighted by Gasteiger charge is 2.19. The van der Waals surface area contributed by atoms with Gasteiger partial charge in [-0.1, -0.05) is 0 Å². The molecule has 1 aromatic rings. The van der Waals surface area contributed by atoms with Gasteiger partial charge in [-0.25, -0.2) is 0 Å². The van der Waals surface area contributed by atoms with Gasteiger partial charge >= 0.3 is 0 Å². The molecule has 0 saturated carbocycles. The van der Waals surface area contributed by atoms with Crippen molar-refractivity contribution in [3.8, 4) is 0 Å². The van der Waals surface area contributed by atoms with Crippen LogP contribution < -0.4 is 5.32 Å². The lowest BCUT2D eigenvalue weighted by atomic mass is 10.3. The predicted octanol–water partition coefficient (Wildman–Crippen LogP) is 1.07. The number of carbonyl (C=O) groups excluding carboxylic acids is 1. The number of likely N-dealkylation sites (N-methyl/N-ethyl adjacent to an activating group) is 1. The fraction of sp³-hybridized carbons (Fsp3) is 0.583. The average Bonchev–Trinajstić information content (AvgIpc) is 2.59. The molecule has 4 heteroatoms. The summed E-state index contributed by atoms with van der Waals surface area (Å²) in [6.07, 6.45) is 0. The minimum atomic E-state index is 0.0332. The molecule has 0 fully saturated rings. The van der Waals surface area contributed by atoms with Crippen molar-refractivity contribution in [2.24, 2.45) is 0 Å². The van der Waals surface area contributed by atoms with Crippen molar-refractivity contribution >= 4 is 5.91 Å². The molecular weight excluding hydrogens is 202 g/mol. The largest absolute Gasteiger partial charge is 0.349 e. The molecule has 4 nitrogen and oxygen atoms in total. The zero-order valence-electron chi connectivity index (χ0n) is 10.2. The van der Waals surface area contributed by atoms with E-state index in [1.807, 2.05) is 26.0 Å². The summed E-state index contributed by atoms with van der Waals surface area (Å²) >= 11 is 0. The Morgan fingerprint density at radius 1 is 1.38 bits per heavy atom. The van der Waals surface area contributed by atoms with E-state index in [0.717, 1.165) is 25.3 Å². The number of rotatable bonds is 2. The van der Waals surface area contributed by atoms with Gasteiger partial charge in [-0.15, -0.1) is 0 Å². The second-order valence-electron chi connectivity index (χ2n) is 4.73. The Bertz CT molecular complexity index is 395. The Balaban J connectivity index is 2.20. The van der Waals surface area contributed by atoms with Gasteiger partial charge in [-0.05, 0) is 33.0 Å². The highest BCUT2D eigenvalue weighted by Crippen LogP contribution is 2.15. The highest BCUT2D eigenvalue weighted by molar-refractivity contribution is 5.93. The van der Waals surface area contributed by atoms with Gasteiger partial charge < -0.3 is 9.88 Å². The van der Waals surface area contributed by atoms with E-state index in [1.165, 1.54) is 5.69 Å².